The predicted molar refractivity (Wildman–Crippen MR) is 62.9 cm³/mol. The second-order valence-electron chi connectivity index (χ2n) is 5.07. The van der Waals surface area contributed by atoms with E-state index >= 15 is 0 Å². The van der Waals surface area contributed by atoms with Crippen molar-refractivity contribution in [2.24, 2.45) is 11.8 Å². The number of ether oxygens (including phenoxy) is 2. The molecule has 0 amide bonds. The number of hydrogen-bond donors (Lipinski definition) is 2. The summed E-state index contributed by atoms with van der Waals surface area (Å²) in [5.74, 6) is 6.37. The molecule has 1 saturated carbocycles. The Morgan fingerprint density at radius 1 is 1.31 bits per heavy atom. The first-order chi connectivity index (χ1) is 7.82. The van der Waals surface area contributed by atoms with E-state index in [9.17, 15) is 0 Å². The van der Waals surface area contributed by atoms with Crippen molar-refractivity contribution in [3.8, 4) is 0 Å². The zero-order valence-corrected chi connectivity index (χ0v) is 10.2. The third-order valence-electron chi connectivity index (χ3n) is 4.34. The topological polar surface area (TPSA) is 56.5 Å². The van der Waals surface area contributed by atoms with E-state index in [2.05, 4.69) is 5.43 Å². The molecule has 94 valence electrons. The van der Waals surface area contributed by atoms with Crippen molar-refractivity contribution in [3.05, 3.63) is 0 Å². The highest BCUT2D eigenvalue weighted by Gasteiger charge is 2.44. The van der Waals surface area contributed by atoms with Crippen molar-refractivity contribution in [2.45, 2.75) is 50.2 Å². The molecule has 0 aromatic carbocycles. The molecule has 16 heavy (non-hydrogen) atoms. The maximum absolute atomic E-state index is 5.82. The first kappa shape index (κ1) is 12.3. The Morgan fingerprint density at radius 3 is 2.44 bits per heavy atom. The van der Waals surface area contributed by atoms with Crippen LogP contribution < -0.4 is 11.3 Å². The zero-order chi connectivity index (χ0) is 11.4. The lowest BCUT2D eigenvalue weighted by molar-refractivity contribution is -0.0680. The van der Waals surface area contributed by atoms with Crippen LogP contribution in [-0.2, 0) is 9.47 Å². The Bertz CT molecular complexity index is 211. The van der Waals surface area contributed by atoms with E-state index in [0.29, 0.717) is 5.92 Å². The second-order valence-corrected chi connectivity index (χ2v) is 5.07. The standard InChI is InChI=1S/C12H24N2O2/c1-15-12(6-2-3-7-12)11(14-13)10-4-8-16-9-5-10/h10-11,14H,2-9,13H2,1H3. The van der Waals surface area contributed by atoms with Gasteiger partial charge in [-0.2, -0.15) is 0 Å². The highest BCUT2D eigenvalue weighted by Crippen LogP contribution is 2.39. The van der Waals surface area contributed by atoms with E-state index in [4.69, 9.17) is 15.3 Å². The van der Waals surface area contributed by atoms with Gasteiger partial charge in [0.2, 0.25) is 0 Å². The second kappa shape index (κ2) is 5.45. The number of rotatable bonds is 4. The average Bonchev–Trinajstić information content (AvgIpc) is 2.81. The summed E-state index contributed by atoms with van der Waals surface area (Å²) in [4.78, 5) is 0. The van der Waals surface area contributed by atoms with Crippen molar-refractivity contribution in [3.63, 3.8) is 0 Å². The quantitative estimate of drug-likeness (QED) is 0.561. The Balaban J connectivity index is 2.06. The van der Waals surface area contributed by atoms with E-state index in [0.717, 1.165) is 38.9 Å². The Hall–Kier alpha value is -0.160. The van der Waals surface area contributed by atoms with E-state index in [1.807, 2.05) is 7.11 Å². The lowest BCUT2D eigenvalue weighted by Crippen LogP contribution is -2.57. The molecule has 2 aliphatic rings. The molecule has 0 spiro atoms. The van der Waals surface area contributed by atoms with Gasteiger partial charge in [0.05, 0.1) is 11.6 Å². The Kier molecular flexibility index (Phi) is 4.19. The van der Waals surface area contributed by atoms with Crippen LogP contribution in [0.1, 0.15) is 38.5 Å². The van der Waals surface area contributed by atoms with Crippen LogP contribution in [0.3, 0.4) is 0 Å². The maximum atomic E-state index is 5.82. The fourth-order valence-electron chi connectivity index (χ4n) is 3.38. The van der Waals surface area contributed by atoms with Gasteiger partial charge in [-0.1, -0.05) is 12.8 Å². The highest BCUT2D eigenvalue weighted by atomic mass is 16.5. The third kappa shape index (κ3) is 2.25. The van der Waals surface area contributed by atoms with Gasteiger partial charge in [-0.15, -0.1) is 0 Å². The first-order valence-electron chi connectivity index (χ1n) is 6.41. The molecule has 0 radical (unpaired) electrons. The van der Waals surface area contributed by atoms with Crippen molar-refractivity contribution < 1.29 is 9.47 Å². The van der Waals surface area contributed by atoms with Crippen LogP contribution in [0, 0.1) is 5.92 Å². The minimum absolute atomic E-state index is 0.0310. The molecule has 2 fully saturated rings. The summed E-state index contributed by atoms with van der Waals surface area (Å²) in [5.41, 5.74) is 2.99. The van der Waals surface area contributed by atoms with Crippen LogP contribution in [0.2, 0.25) is 0 Å². The van der Waals surface area contributed by atoms with Crippen molar-refractivity contribution >= 4 is 0 Å². The van der Waals surface area contributed by atoms with E-state index < -0.39 is 0 Å². The molecule has 4 heteroatoms. The zero-order valence-electron chi connectivity index (χ0n) is 10.2. The lowest BCUT2D eigenvalue weighted by Gasteiger charge is -2.42. The number of methoxy groups -OCH3 is 1. The molecule has 1 atom stereocenters. The normalized spacial score (nSPS) is 28.1. The van der Waals surface area contributed by atoms with Gasteiger partial charge in [-0.3, -0.25) is 11.3 Å². The molecule has 1 aliphatic heterocycles. The minimum atomic E-state index is -0.0310. The molecular formula is C12H24N2O2. The van der Waals surface area contributed by atoms with Crippen molar-refractivity contribution in [1.82, 2.24) is 5.43 Å². The molecule has 0 aromatic rings. The summed E-state index contributed by atoms with van der Waals surface area (Å²) in [7, 11) is 1.83. The van der Waals surface area contributed by atoms with Crippen LogP contribution in [0.25, 0.3) is 0 Å². The summed E-state index contributed by atoms with van der Waals surface area (Å²) in [5, 5.41) is 0. The highest BCUT2D eigenvalue weighted by molar-refractivity contribution is 4.99. The Morgan fingerprint density at radius 2 is 1.94 bits per heavy atom. The fraction of sp³-hybridized carbons (Fsp3) is 1.00. The minimum Gasteiger partial charge on any atom is -0.381 e. The van der Waals surface area contributed by atoms with E-state index in [1.165, 1.54) is 12.8 Å². The van der Waals surface area contributed by atoms with Crippen LogP contribution in [-0.4, -0.2) is 32.0 Å². The number of hydrogen-bond acceptors (Lipinski definition) is 4. The average molecular weight is 228 g/mol. The first-order valence-corrected chi connectivity index (χ1v) is 6.41. The van der Waals surface area contributed by atoms with E-state index in [1.54, 1.807) is 0 Å². The van der Waals surface area contributed by atoms with Gasteiger partial charge in [-0.25, -0.2) is 0 Å². The molecule has 1 unspecified atom stereocenters. The molecule has 1 saturated heterocycles. The van der Waals surface area contributed by atoms with Gasteiger partial charge in [0.15, 0.2) is 0 Å². The van der Waals surface area contributed by atoms with Gasteiger partial charge < -0.3 is 9.47 Å². The van der Waals surface area contributed by atoms with E-state index in [-0.39, 0.29) is 11.6 Å². The number of nitrogens with two attached hydrogens (primary N) is 1. The summed E-state index contributed by atoms with van der Waals surface area (Å²) in [6.07, 6.45) is 6.98. The summed E-state index contributed by atoms with van der Waals surface area (Å²) >= 11 is 0. The third-order valence-corrected chi connectivity index (χ3v) is 4.34. The van der Waals surface area contributed by atoms with Gasteiger partial charge in [0.25, 0.3) is 0 Å². The maximum Gasteiger partial charge on any atom is 0.0847 e. The molecule has 1 heterocycles. The molecule has 2 rings (SSSR count). The van der Waals surface area contributed by atoms with Crippen molar-refractivity contribution in [2.75, 3.05) is 20.3 Å². The Labute approximate surface area is 97.8 Å². The van der Waals surface area contributed by atoms with Crippen LogP contribution >= 0.6 is 0 Å². The van der Waals surface area contributed by atoms with Crippen LogP contribution in [0.5, 0.6) is 0 Å². The largest absolute Gasteiger partial charge is 0.381 e. The van der Waals surface area contributed by atoms with Gasteiger partial charge in [-0.05, 0) is 31.6 Å². The molecule has 0 aromatic heterocycles. The van der Waals surface area contributed by atoms with Gasteiger partial charge in [0, 0.05) is 20.3 Å². The molecule has 3 N–H and O–H groups in total. The van der Waals surface area contributed by atoms with Crippen LogP contribution in [0.4, 0.5) is 0 Å². The number of hydrazine groups is 1. The molecule has 0 bridgehead atoms. The summed E-state index contributed by atoms with van der Waals surface area (Å²) < 4.78 is 11.2. The molecule has 4 nitrogen and oxygen atoms in total. The molecular weight excluding hydrogens is 204 g/mol. The lowest BCUT2D eigenvalue weighted by atomic mass is 9.79. The fourth-order valence-corrected chi connectivity index (χ4v) is 3.38. The summed E-state index contributed by atoms with van der Waals surface area (Å²) in [6.45, 7) is 1.73. The smallest absolute Gasteiger partial charge is 0.0847 e. The van der Waals surface area contributed by atoms with Crippen molar-refractivity contribution in [1.29, 1.82) is 0 Å². The summed E-state index contributed by atoms with van der Waals surface area (Å²) in [6, 6.07) is 0.281. The van der Waals surface area contributed by atoms with Gasteiger partial charge in [0.1, 0.15) is 0 Å². The van der Waals surface area contributed by atoms with Crippen LogP contribution in [0.15, 0.2) is 0 Å². The monoisotopic (exact) mass is 228 g/mol. The number of nitrogens with one attached hydrogen (secondary N) is 1. The molecule has 1 aliphatic carbocycles. The predicted octanol–water partition coefficient (Wildman–Crippen LogP) is 1.20. The van der Waals surface area contributed by atoms with Gasteiger partial charge >= 0.3 is 0 Å². The SMILES string of the molecule is COC1(C(NN)C2CCOCC2)CCCC1.